The van der Waals surface area contributed by atoms with Crippen molar-refractivity contribution in [3.63, 3.8) is 0 Å². The largest absolute Gasteiger partial charge is 0.493 e. The first-order chi connectivity index (χ1) is 14.3. The normalized spacial score (nSPS) is 11.8. The predicted octanol–water partition coefficient (Wildman–Crippen LogP) is 6.70. The van der Waals surface area contributed by atoms with Gasteiger partial charge in [-0.3, -0.25) is 0 Å². The van der Waals surface area contributed by atoms with Crippen LogP contribution in [0.5, 0.6) is 11.5 Å². The zero-order chi connectivity index (χ0) is 21.9. The summed E-state index contributed by atoms with van der Waals surface area (Å²) in [5, 5.41) is 9.67. The van der Waals surface area contributed by atoms with Crippen molar-refractivity contribution >= 4 is 23.3 Å². The van der Waals surface area contributed by atoms with E-state index >= 15 is 0 Å². The van der Waals surface area contributed by atoms with Gasteiger partial charge in [-0.15, -0.1) is 0 Å². The van der Waals surface area contributed by atoms with Crippen LogP contribution in [0.1, 0.15) is 16.9 Å². The standard InChI is InChI=1S/C22H15ClF3NO3/c1-28-20-7-3-13(10-21(20)29-2)14(12-27)9-16-5-8-19(30-16)17-11-15(22(24,25)26)4-6-18(17)23/h3-11H,1-2H3. The maximum absolute atomic E-state index is 13.0. The number of nitriles is 1. The molecule has 0 unspecified atom stereocenters. The van der Waals surface area contributed by atoms with E-state index in [2.05, 4.69) is 6.07 Å². The molecule has 2 aromatic carbocycles. The van der Waals surface area contributed by atoms with E-state index in [0.29, 0.717) is 17.1 Å². The highest BCUT2D eigenvalue weighted by atomic mass is 35.5. The first-order valence-corrected chi connectivity index (χ1v) is 8.95. The average molecular weight is 434 g/mol. The quantitative estimate of drug-likeness (QED) is 0.420. The van der Waals surface area contributed by atoms with Crippen molar-refractivity contribution in [1.29, 1.82) is 5.26 Å². The molecule has 0 aliphatic heterocycles. The smallest absolute Gasteiger partial charge is 0.416 e. The Kier molecular flexibility index (Phi) is 6.09. The third kappa shape index (κ3) is 4.44. The number of methoxy groups -OCH3 is 2. The lowest BCUT2D eigenvalue weighted by Crippen LogP contribution is -2.04. The summed E-state index contributed by atoms with van der Waals surface area (Å²) in [7, 11) is 2.98. The monoisotopic (exact) mass is 433 g/mol. The van der Waals surface area contributed by atoms with E-state index in [9.17, 15) is 18.4 Å². The number of hydrogen-bond donors (Lipinski definition) is 0. The van der Waals surface area contributed by atoms with E-state index < -0.39 is 11.7 Å². The predicted molar refractivity (Wildman–Crippen MR) is 107 cm³/mol. The molecule has 0 amide bonds. The van der Waals surface area contributed by atoms with Crippen LogP contribution in [-0.4, -0.2) is 14.2 Å². The Morgan fingerprint density at radius 2 is 1.77 bits per heavy atom. The Hall–Kier alpha value is -3.37. The van der Waals surface area contributed by atoms with Gasteiger partial charge in [0.1, 0.15) is 11.5 Å². The lowest BCUT2D eigenvalue weighted by Gasteiger charge is -2.09. The summed E-state index contributed by atoms with van der Waals surface area (Å²) >= 11 is 6.06. The molecule has 0 saturated heterocycles. The highest BCUT2D eigenvalue weighted by molar-refractivity contribution is 6.33. The fraction of sp³-hybridized carbons (Fsp3) is 0.136. The average Bonchev–Trinajstić information content (AvgIpc) is 3.19. The maximum atomic E-state index is 13.0. The molecule has 154 valence electrons. The van der Waals surface area contributed by atoms with E-state index in [0.717, 1.165) is 12.1 Å². The number of halogens is 4. The third-order valence-electron chi connectivity index (χ3n) is 4.29. The number of benzene rings is 2. The van der Waals surface area contributed by atoms with Crippen molar-refractivity contribution in [1.82, 2.24) is 0 Å². The molecule has 30 heavy (non-hydrogen) atoms. The number of rotatable bonds is 5. The molecule has 0 fully saturated rings. The van der Waals surface area contributed by atoms with Crippen molar-refractivity contribution in [3.05, 3.63) is 70.4 Å². The van der Waals surface area contributed by atoms with E-state index in [1.807, 2.05) is 0 Å². The van der Waals surface area contributed by atoms with E-state index in [4.69, 9.17) is 25.5 Å². The van der Waals surface area contributed by atoms with Gasteiger partial charge < -0.3 is 13.9 Å². The third-order valence-corrected chi connectivity index (χ3v) is 4.62. The van der Waals surface area contributed by atoms with Crippen molar-refractivity contribution < 1.29 is 27.1 Å². The lowest BCUT2D eigenvalue weighted by molar-refractivity contribution is -0.137. The minimum Gasteiger partial charge on any atom is -0.493 e. The summed E-state index contributed by atoms with van der Waals surface area (Å²) < 4.78 is 55.1. The molecular weight excluding hydrogens is 419 g/mol. The van der Waals surface area contributed by atoms with Crippen LogP contribution in [0.2, 0.25) is 5.02 Å². The number of ether oxygens (including phenoxy) is 2. The van der Waals surface area contributed by atoms with E-state index in [-0.39, 0.29) is 27.7 Å². The molecule has 0 N–H and O–H groups in total. The van der Waals surface area contributed by atoms with Crippen LogP contribution in [0, 0.1) is 11.3 Å². The van der Waals surface area contributed by atoms with Gasteiger partial charge >= 0.3 is 6.18 Å². The van der Waals surface area contributed by atoms with Gasteiger partial charge in [-0.25, -0.2) is 0 Å². The van der Waals surface area contributed by atoms with Crippen LogP contribution in [0.15, 0.2) is 52.9 Å². The topological polar surface area (TPSA) is 55.4 Å². The second-order valence-corrected chi connectivity index (χ2v) is 6.54. The van der Waals surface area contributed by atoms with Crippen molar-refractivity contribution in [3.8, 4) is 28.9 Å². The highest BCUT2D eigenvalue weighted by Gasteiger charge is 2.31. The number of furan rings is 1. The summed E-state index contributed by atoms with van der Waals surface area (Å²) in [6.07, 6.45) is -3.03. The van der Waals surface area contributed by atoms with Gasteiger partial charge in [0.25, 0.3) is 0 Å². The van der Waals surface area contributed by atoms with E-state index in [1.54, 1.807) is 24.3 Å². The minimum atomic E-state index is -4.50. The van der Waals surface area contributed by atoms with Crippen molar-refractivity contribution in [2.45, 2.75) is 6.18 Å². The van der Waals surface area contributed by atoms with Gasteiger partial charge in [0.05, 0.1) is 36.4 Å². The first-order valence-electron chi connectivity index (χ1n) is 8.58. The Bertz CT molecular complexity index is 1140. The molecule has 0 aliphatic rings. The Labute approximate surface area is 175 Å². The second-order valence-electron chi connectivity index (χ2n) is 6.13. The van der Waals surface area contributed by atoms with Gasteiger partial charge in [0, 0.05) is 5.56 Å². The second kappa shape index (κ2) is 8.56. The summed E-state index contributed by atoms with van der Waals surface area (Å²) in [6, 6.07) is 13.1. The molecule has 0 bridgehead atoms. The molecule has 1 aromatic heterocycles. The minimum absolute atomic E-state index is 0.107. The SMILES string of the molecule is COc1ccc(C(C#N)=Cc2ccc(-c3cc(C(F)(F)F)ccc3Cl)o2)cc1OC. The van der Waals surface area contributed by atoms with Gasteiger partial charge in [-0.05, 0) is 60.2 Å². The van der Waals surface area contributed by atoms with Crippen LogP contribution < -0.4 is 9.47 Å². The molecule has 0 radical (unpaired) electrons. The Balaban J connectivity index is 1.98. The molecule has 0 aliphatic carbocycles. The molecular formula is C22H15ClF3NO3. The van der Waals surface area contributed by atoms with E-state index in [1.165, 1.54) is 32.4 Å². The van der Waals surface area contributed by atoms with Crippen molar-refractivity contribution in [2.75, 3.05) is 14.2 Å². The van der Waals surface area contributed by atoms with Gasteiger partial charge in [0.15, 0.2) is 11.5 Å². The molecule has 0 spiro atoms. The summed E-state index contributed by atoms with van der Waals surface area (Å²) in [4.78, 5) is 0. The Morgan fingerprint density at radius 3 is 2.40 bits per heavy atom. The highest BCUT2D eigenvalue weighted by Crippen LogP contribution is 2.37. The van der Waals surface area contributed by atoms with Crippen LogP contribution >= 0.6 is 11.6 Å². The van der Waals surface area contributed by atoms with Gasteiger partial charge in [-0.2, -0.15) is 18.4 Å². The molecule has 3 rings (SSSR count). The molecule has 0 atom stereocenters. The molecule has 8 heteroatoms. The Morgan fingerprint density at radius 1 is 1.03 bits per heavy atom. The molecule has 1 heterocycles. The number of alkyl halides is 3. The number of nitrogens with zero attached hydrogens (tertiary/aromatic N) is 1. The summed E-state index contributed by atoms with van der Waals surface area (Å²) in [6.45, 7) is 0. The van der Waals surface area contributed by atoms with Crippen LogP contribution in [0.25, 0.3) is 23.0 Å². The van der Waals surface area contributed by atoms with Crippen LogP contribution in [0.3, 0.4) is 0 Å². The van der Waals surface area contributed by atoms with Crippen molar-refractivity contribution in [2.24, 2.45) is 0 Å². The number of allylic oxidation sites excluding steroid dienone is 1. The van der Waals surface area contributed by atoms with Gasteiger partial charge in [0.2, 0.25) is 0 Å². The zero-order valence-electron chi connectivity index (χ0n) is 15.9. The summed E-state index contributed by atoms with van der Waals surface area (Å²) in [5.74, 6) is 1.40. The molecule has 0 saturated carbocycles. The lowest BCUT2D eigenvalue weighted by atomic mass is 10.1. The zero-order valence-corrected chi connectivity index (χ0v) is 16.6. The maximum Gasteiger partial charge on any atom is 0.416 e. The van der Waals surface area contributed by atoms with Gasteiger partial charge in [-0.1, -0.05) is 11.6 Å². The fourth-order valence-corrected chi connectivity index (χ4v) is 3.00. The summed E-state index contributed by atoms with van der Waals surface area (Å²) in [5.41, 5.74) is 0.103. The number of hydrogen-bond acceptors (Lipinski definition) is 4. The van der Waals surface area contributed by atoms with Crippen LogP contribution in [0.4, 0.5) is 13.2 Å². The molecule has 4 nitrogen and oxygen atoms in total. The molecule has 3 aromatic rings. The fourth-order valence-electron chi connectivity index (χ4n) is 2.79. The van der Waals surface area contributed by atoms with Crippen LogP contribution in [-0.2, 0) is 6.18 Å². The first kappa shape index (κ1) is 21.3.